The van der Waals surface area contributed by atoms with E-state index in [1.165, 1.54) is 12.1 Å². The maximum Gasteiger partial charge on any atom is 0.333 e. The van der Waals surface area contributed by atoms with E-state index in [1.54, 1.807) is 24.4 Å². The zero-order valence-corrected chi connectivity index (χ0v) is 16.1. The molecule has 1 aromatic carbocycles. The van der Waals surface area contributed by atoms with Gasteiger partial charge in [-0.1, -0.05) is 42.1 Å². The molecular weight excluding hydrogens is 409 g/mol. The van der Waals surface area contributed by atoms with Crippen molar-refractivity contribution in [3.8, 4) is 17.0 Å². The van der Waals surface area contributed by atoms with Gasteiger partial charge >= 0.3 is 6.03 Å². The molecule has 10 heteroatoms. The lowest BCUT2D eigenvalue weighted by molar-refractivity contribution is 0.241. The second-order valence-corrected chi connectivity index (χ2v) is 6.68. The molecule has 2 amide bonds. The molecule has 3 rings (SSSR count). The Labute approximate surface area is 170 Å². The van der Waals surface area contributed by atoms with Gasteiger partial charge in [-0.3, -0.25) is 14.6 Å². The Morgan fingerprint density at radius 2 is 2.00 bits per heavy atom. The van der Waals surface area contributed by atoms with Gasteiger partial charge in [0.05, 0.1) is 28.5 Å². The van der Waals surface area contributed by atoms with Gasteiger partial charge in [0, 0.05) is 5.56 Å². The van der Waals surface area contributed by atoms with Crippen molar-refractivity contribution in [3.05, 3.63) is 53.2 Å². The number of carbonyl (C=O) groups excluding carboxylic acids is 1. The van der Waals surface area contributed by atoms with E-state index < -0.39 is 6.03 Å². The molecule has 0 atom stereocenters. The second kappa shape index (κ2) is 7.99. The van der Waals surface area contributed by atoms with Crippen molar-refractivity contribution < 1.29 is 9.90 Å². The summed E-state index contributed by atoms with van der Waals surface area (Å²) in [5.41, 5.74) is 1.90. The number of fused-ring (bicyclic) bond motifs is 1. The van der Waals surface area contributed by atoms with Gasteiger partial charge in [-0.2, -0.15) is 0 Å². The molecule has 0 saturated heterocycles. The maximum atomic E-state index is 12.0. The number of anilines is 1. The van der Waals surface area contributed by atoms with Crippen LogP contribution in [-0.2, 0) is 0 Å². The third-order valence-electron chi connectivity index (χ3n) is 3.49. The number of carbonyl (C=O) groups is 1. The van der Waals surface area contributed by atoms with Gasteiger partial charge in [0.15, 0.2) is 11.4 Å². The van der Waals surface area contributed by atoms with Crippen LogP contribution in [0.4, 0.5) is 10.6 Å². The number of hydrogen-bond acceptors (Lipinski definition) is 6. The van der Waals surface area contributed by atoms with Crippen LogP contribution in [0.3, 0.4) is 0 Å². The summed E-state index contributed by atoms with van der Waals surface area (Å²) in [4.78, 5) is 25.0. The van der Waals surface area contributed by atoms with Crippen LogP contribution in [0.1, 0.15) is 0 Å². The number of urea groups is 1. The normalized spacial score (nSPS) is 10.6. The van der Waals surface area contributed by atoms with E-state index in [-0.39, 0.29) is 22.3 Å². The van der Waals surface area contributed by atoms with Crippen LogP contribution in [0, 0.1) is 0 Å². The molecule has 0 spiro atoms. The van der Waals surface area contributed by atoms with Crippen molar-refractivity contribution in [2.24, 2.45) is 0 Å². The molecule has 0 radical (unpaired) electrons. The minimum Gasteiger partial charge on any atom is -0.505 e. The molecule has 2 N–H and O–H groups in total. The van der Waals surface area contributed by atoms with Crippen LogP contribution in [0.15, 0.2) is 43.1 Å². The lowest BCUT2D eigenvalue weighted by Crippen LogP contribution is -2.27. The van der Waals surface area contributed by atoms with Crippen LogP contribution < -0.4 is 5.32 Å². The van der Waals surface area contributed by atoms with Crippen molar-refractivity contribution in [1.82, 2.24) is 19.3 Å². The number of phenolic OH excluding ortho intramolecular Hbond substituents is 1. The van der Waals surface area contributed by atoms with Gasteiger partial charge in [-0.05, 0) is 24.3 Å². The van der Waals surface area contributed by atoms with Crippen LogP contribution in [0.5, 0.6) is 5.75 Å². The molecule has 2 aromatic heterocycles. The molecule has 0 bridgehead atoms. The van der Waals surface area contributed by atoms with Gasteiger partial charge in [-0.25, -0.2) is 14.8 Å². The molecule has 0 saturated carbocycles. The van der Waals surface area contributed by atoms with E-state index in [4.69, 9.17) is 23.2 Å². The summed E-state index contributed by atoms with van der Waals surface area (Å²) in [5, 5.41) is 12.5. The molecule has 27 heavy (non-hydrogen) atoms. The van der Waals surface area contributed by atoms with Crippen LogP contribution >= 0.6 is 36.0 Å². The Bertz CT molecular complexity index is 1020. The highest BCUT2D eigenvalue weighted by Gasteiger charge is 2.12. The number of amides is 2. The van der Waals surface area contributed by atoms with Crippen LogP contribution in [0.25, 0.3) is 22.4 Å². The van der Waals surface area contributed by atoms with E-state index in [0.717, 1.165) is 4.31 Å². The Balaban J connectivity index is 1.95. The number of aromatic nitrogens is 3. The van der Waals surface area contributed by atoms with Crippen molar-refractivity contribution in [3.63, 3.8) is 0 Å². The third kappa shape index (κ3) is 4.24. The predicted molar refractivity (Wildman–Crippen MR) is 109 cm³/mol. The summed E-state index contributed by atoms with van der Waals surface area (Å²) in [6.45, 7) is 3.82. The van der Waals surface area contributed by atoms with Crippen molar-refractivity contribution in [2.75, 3.05) is 11.9 Å². The number of phenols is 1. The number of halogens is 2. The van der Waals surface area contributed by atoms with Crippen LogP contribution in [0.2, 0.25) is 10.0 Å². The van der Waals surface area contributed by atoms with Gasteiger partial charge in [0.25, 0.3) is 0 Å². The highest BCUT2D eigenvalue weighted by Crippen LogP contribution is 2.36. The predicted octanol–water partition coefficient (Wildman–Crippen LogP) is 4.57. The first-order valence-electron chi connectivity index (χ1n) is 7.59. The SMILES string of the molecule is C=CCN(S)C(=O)Nc1ccc2ncc(-c3cc(Cl)c(O)c(Cl)c3)nc2n1. The molecule has 3 aromatic rings. The summed E-state index contributed by atoms with van der Waals surface area (Å²) in [7, 11) is 0. The topological polar surface area (TPSA) is 91.2 Å². The zero-order valence-electron chi connectivity index (χ0n) is 13.7. The quantitative estimate of drug-likeness (QED) is 0.423. The average Bonchev–Trinajstić information content (AvgIpc) is 2.65. The lowest BCUT2D eigenvalue weighted by Gasteiger charge is -2.14. The molecule has 7 nitrogen and oxygen atoms in total. The number of thiol groups is 1. The average molecular weight is 422 g/mol. The fraction of sp³-hybridized carbons (Fsp3) is 0.0588. The summed E-state index contributed by atoms with van der Waals surface area (Å²) in [6.07, 6.45) is 3.09. The first-order valence-corrected chi connectivity index (χ1v) is 8.75. The molecule has 0 unspecified atom stereocenters. The number of hydrogen-bond donors (Lipinski definition) is 3. The Kier molecular flexibility index (Phi) is 5.69. The number of benzene rings is 1. The smallest absolute Gasteiger partial charge is 0.333 e. The Morgan fingerprint density at radius 1 is 1.30 bits per heavy atom. The molecule has 138 valence electrons. The Morgan fingerprint density at radius 3 is 2.67 bits per heavy atom. The molecular formula is C17H13Cl2N5O2S. The van der Waals surface area contributed by atoms with Crippen molar-refractivity contribution in [1.29, 1.82) is 0 Å². The summed E-state index contributed by atoms with van der Waals surface area (Å²) in [5.74, 6) is 0.0959. The van der Waals surface area contributed by atoms with Gasteiger partial charge in [0.1, 0.15) is 11.3 Å². The molecule has 2 heterocycles. The largest absolute Gasteiger partial charge is 0.505 e. The fourth-order valence-electron chi connectivity index (χ4n) is 2.20. The minimum absolute atomic E-state index is 0.101. The maximum absolute atomic E-state index is 12.0. The van der Waals surface area contributed by atoms with Gasteiger partial charge in [-0.15, -0.1) is 6.58 Å². The van der Waals surface area contributed by atoms with E-state index in [9.17, 15) is 9.90 Å². The van der Waals surface area contributed by atoms with E-state index in [1.807, 2.05) is 0 Å². The number of nitrogens with zero attached hydrogens (tertiary/aromatic N) is 4. The standard InChI is InChI=1S/C17H13Cl2N5O2S/c1-2-5-24(27)17(26)23-14-4-3-12-16(22-14)21-13(8-20-12)9-6-10(18)15(25)11(19)7-9/h2-4,6-8,25,27H,1,5H2,(H,21,22,23,26). The minimum atomic E-state index is -0.453. The van der Waals surface area contributed by atoms with E-state index in [0.29, 0.717) is 28.2 Å². The van der Waals surface area contributed by atoms with Crippen molar-refractivity contribution in [2.45, 2.75) is 0 Å². The van der Waals surface area contributed by atoms with Crippen molar-refractivity contribution >= 4 is 59.0 Å². The molecule has 0 aliphatic heterocycles. The molecule has 0 fully saturated rings. The number of pyridine rings is 1. The van der Waals surface area contributed by atoms with E-state index >= 15 is 0 Å². The number of aromatic hydroxyl groups is 1. The van der Waals surface area contributed by atoms with Gasteiger partial charge < -0.3 is 5.11 Å². The highest BCUT2D eigenvalue weighted by atomic mass is 35.5. The Hall–Kier alpha value is -2.55. The molecule has 0 aliphatic rings. The fourth-order valence-corrected chi connectivity index (χ4v) is 2.85. The van der Waals surface area contributed by atoms with Gasteiger partial charge in [0.2, 0.25) is 0 Å². The zero-order chi connectivity index (χ0) is 19.6. The first-order chi connectivity index (χ1) is 12.9. The number of nitrogens with one attached hydrogen (secondary N) is 1. The summed E-state index contributed by atoms with van der Waals surface area (Å²) < 4.78 is 1.15. The molecule has 0 aliphatic carbocycles. The third-order valence-corrected chi connectivity index (χ3v) is 4.41. The lowest BCUT2D eigenvalue weighted by atomic mass is 10.1. The second-order valence-electron chi connectivity index (χ2n) is 5.38. The van der Waals surface area contributed by atoms with Crippen LogP contribution in [-0.4, -0.2) is 36.9 Å². The highest BCUT2D eigenvalue weighted by molar-refractivity contribution is 7.78. The summed E-state index contributed by atoms with van der Waals surface area (Å²) >= 11 is 16.0. The number of rotatable bonds is 4. The monoisotopic (exact) mass is 421 g/mol. The first kappa shape index (κ1) is 19.2. The summed E-state index contributed by atoms with van der Waals surface area (Å²) in [6, 6.07) is 5.89. The van der Waals surface area contributed by atoms with E-state index in [2.05, 4.69) is 39.7 Å².